The van der Waals surface area contributed by atoms with Crippen molar-refractivity contribution < 1.29 is 4.74 Å². The Bertz CT molecular complexity index is 290. The van der Waals surface area contributed by atoms with Crippen LogP contribution in [-0.4, -0.2) is 19.2 Å². The van der Waals surface area contributed by atoms with E-state index in [9.17, 15) is 0 Å². The van der Waals surface area contributed by atoms with Crippen LogP contribution in [0, 0.1) is 0 Å². The van der Waals surface area contributed by atoms with Gasteiger partial charge in [0.25, 0.3) is 0 Å². The van der Waals surface area contributed by atoms with Gasteiger partial charge in [-0.15, -0.1) is 0 Å². The standard InChI is InChI=1S/C13H21NO/c1-10(2)14(5)12-6-8-13(9-7-12)15-11(3)4/h6-11H,1-5H3. The molecular formula is C13H21NO. The summed E-state index contributed by atoms with van der Waals surface area (Å²) in [6.45, 7) is 8.43. The molecule has 1 aromatic rings. The molecule has 0 spiro atoms. The minimum absolute atomic E-state index is 0.235. The Kier molecular flexibility index (Phi) is 4.01. The van der Waals surface area contributed by atoms with Crippen LogP contribution in [0.25, 0.3) is 0 Å². The second-order valence-corrected chi connectivity index (χ2v) is 4.37. The molecule has 0 atom stereocenters. The molecule has 15 heavy (non-hydrogen) atoms. The minimum Gasteiger partial charge on any atom is -0.491 e. The van der Waals surface area contributed by atoms with Crippen LogP contribution in [0.1, 0.15) is 27.7 Å². The van der Waals surface area contributed by atoms with Crippen LogP contribution < -0.4 is 9.64 Å². The smallest absolute Gasteiger partial charge is 0.119 e. The SMILES string of the molecule is CC(C)Oc1ccc(N(C)C(C)C)cc1. The fourth-order valence-electron chi connectivity index (χ4n) is 1.33. The second-order valence-electron chi connectivity index (χ2n) is 4.37. The molecule has 0 fully saturated rings. The fourth-order valence-corrected chi connectivity index (χ4v) is 1.33. The summed E-state index contributed by atoms with van der Waals surface area (Å²) >= 11 is 0. The van der Waals surface area contributed by atoms with Crippen LogP contribution >= 0.6 is 0 Å². The van der Waals surface area contributed by atoms with Gasteiger partial charge in [-0.3, -0.25) is 0 Å². The first-order valence-electron chi connectivity index (χ1n) is 5.50. The van der Waals surface area contributed by atoms with Crippen LogP contribution in [0.15, 0.2) is 24.3 Å². The topological polar surface area (TPSA) is 12.5 Å². The van der Waals surface area contributed by atoms with E-state index >= 15 is 0 Å². The summed E-state index contributed by atoms with van der Waals surface area (Å²) in [5.74, 6) is 0.936. The Morgan fingerprint density at radius 1 is 1.00 bits per heavy atom. The van der Waals surface area contributed by atoms with Crippen molar-refractivity contribution in [3.63, 3.8) is 0 Å². The molecule has 0 amide bonds. The highest BCUT2D eigenvalue weighted by atomic mass is 16.5. The molecule has 0 aliphatic rings. The van der Waals surface area contributed by atoms with E-state index in [-0.39, 0.29) is 6.10 Å². The Morgan fingerprint density at radius 3 is 1.93 bits per heavy atom. The summed E-state index contributed by atoms with van der Waals surface area (Å²) in [7, 11) is 2.10. The van der Waals surface area contributed by atoms with Crippen molar-refractivity contribution in [2.24, 2.45) is 0 Å². The maximum atomic E-state index is 5.59. The molecular weight excluding hydrogens is 186 g/mol. The fraction of sp³-hybridized carbons (Fsp3) is 0.538. The van der Waals surface area contributed by atoms with Gasteiger partial charge in [0.15, 0.2) is 0 Å². The molecule has 84 valence electrons. The molecule has 1 rings (SSSR count). The van der Waals surface area contributed by atoms with Crippen LogP contribution in [0.3, 0.4) is 0 Å². The first-order chi connectivity index (χ1) is 7.00. The van der Waals surface area contributed by atoms with Gasteiger partial charge in [0.05, 0.1) is 6.10 Å². The third-order valence-corrected chi connectivity index (χ3v) is 2.39. The Balaban J connectivity index is 2.72. The van der Waals surface area contributed by atoms with Gasteiger partial charge in [0.2, 0.25) is 0 Å². The van der Waals surface area contributed by atoms with Crippen molar-refractivity contribution in [2.75, 3.05) is 11.9 Å². The number of hydrogen-bond donors (Lipinski definition) is 0. The van der Waals surface area contributed by atoms with E-state index < -0.39 is 0 Å². The van der Waals surface area contributed by atoms with Crippen molar-refractivity contribution in [3.05, 3.63) is 24.3 Å². The Labute approximate surface area is 92.9 Å². The molecule has 0 heterocycles. The number of nitrogens with zero attached hydrogens (tertiary/aromatic N) is 1. The van der Waals surface area contributed by atoms with E-state index in [0.29, 0.717) is 6.04 Å². The van der Waals surface area contributed by atoms with Crippen LogP contribution in [0.5, 0.6) is 5.75 Å². The van der Waals surface area contributed by atoms with Gasteiger partial charge in [-0.05, 0) is 52.0 Å². The van der Waals surface area contributed by atoms with E-state index in [4.69, 9.17) is 4.74 Å². The van der Waals surface area contributed by atoms with Gasteiger partial charge in [-0.1, -0.05) is 0 Å². The number of ether oxygens (including phenoxy) is 1. The zero-order valence-corrected chi connectivity index (χ0v) is 10.3. The van der Waals surface area contributed by atoms with E-state index in [0.717, 1.165) is 5.75 Å². The van der Waals surface area contributed by atoms with Gasteiger partial charge in [0.1, 0.15) is 5.75 Å². The molecule has 1 aromatic carbocycles. The van der Waals surface area contributed by atoms with Crippen LogP contribution in [-0.2, 0) is 0 Å². The van der Waals surface area contributed by atoms with Crippen molar-refractivity contribution in [3.8, 4) is 5.75 Å². The lowest BCUT2D eigenvalue weighted by molar-refractivity contribution is 0.242. The first kappa shape index (κ1) is 11.9. The zero-order chi connectivity index (χ0) is 11.4. The number of rotatable bonds is 4. The van der Waals surface area contributed by atoms with E-state index in [1.807, 2.05) is 26.0 Å². The van der Waals surface area contributed by atoms with E-state index in [2.05, 4.69) is 37.9 Å². The molecule has 0 saturated carbocycles. The largest absolute Gasteiger partial charge is 0.491 e. The summed E-state index contributed by atoms with van der Waals surface area (Å²) in [6.07, 6.45) is 0.235. The van der Waals surface area contributed by atoms with E-state index in [1.165, 1.54) is 5.69 Å². The summed E-state index contributed by atoms with van der Waals surface area (Å²) in [6, 6.07) is 8.75. The van der Waals surface area contributed by atoms with Crippen molar-refractivity contribution in [2.45, 2.75) is 39.8 Å². The average Bonchev–Trinajstić information content (AvgIpc) is 2.17. The number of anilines is 1. The summed E-state index contributed by atoms with van der Waals surface area (Å²) in [5.41, 5.74) is 1.22. The highest BCUT2D eigenvalue weighted by molar-refractivity contribution is 5.48. The summed E-state index contributed by atoms with van der Waals surface area (Å²) in [5, 5.41) is 0. The summed E-state index contributed by atoms with van der Waals surface area (Å²) < 4.78 is 5.59. The van der Waals surface area contributed by atoms with Gasteiger partial charge in [-0.25, -0.2) is 0 Å². The van der Waals surface area contributed by atoms with E-state index in [1.54, 1.807) is 0 Å². The van der Waals surface area contributed by atoms with Crippen LogP contribution in [0.2, 0.25) is 0 Å². The van der Waals surface area contributed by atoms with Gasteiger partial charge < -0.3 is 9.64 Å². The van der Waals surface area contributed by atoms with Gasteiger partial charge >= 0.3 is 0 Å². The monoisotopic (exact) mass is 207 g/mol. The highest BCUT2D eigenvalue weighted by Gasteiger charge is 2.04. The lowest BCUT2D eigenvalue weighted by Gasteiger charge is -2.24. The quantitative estimate of drug-likeness (QED) is 0.751. The predicted octanol–water partition coefficient (Wildman–Crippen LogP) is 3.32. The Hall–Kier alpha value is -1.18. The minimum atomic E-state index is 0.235. The second kappa shape index (κ2) is 5.06. The van der Waals surface area contributed by atoms with Crippen molar-refractivity contribution >= 4 is 5.69 Å². The number of hydrogen-bond acceptors (Lipinski definition) is 2. The lowest BCUT2D eigenvalue weighted by Crippen LogP contribution is -2.25. The maximum absolute atomic E-state index is 5.59. The number of benzene rings is 1. The molecule has 0 aliphatic heterocycles. The molecule has 0 unspecified atom stereocenters. The highest BCUT2D eigenvalue weighted by Crippen LogP contribution is 2.20. The van der Waals surface area contributed by atoms with Gasteiger partial charge in [0, 0.05) is 18.8 Å². The lowest BCUT2D eigenvalue weighted by atomic mass is 10.2. The zero-order valence-electron chi connectivity index (χ0n) is 10.3. The van der Waals surface area contributed by atoms with Crippen LogP contribution in [0.4, 0.5) is 5.69 Å². The third-order valence-electron chi connectivity index (χ3n) is 2.39. The van der Waals surface area contributed by atoms with Crippen molar-refractivity contribution in [1.82, 2.24) is 0 Å². The molecule has 0 radical (unpaired) electrons. The molecule has 0 N–H and O–H groups in total. The predicted molar refractivity (Wildman–Crippen MR) is 65.7 cm³/mol. The average molecular weight is 207 g/mol. The molecule has 2 heteroatoms. The molecule has 2 nitrogen and oxygen atoms in total. The molecule has 0 bridgehead atoms. The third kappa shape index (κ3) is 3.46. The normalized spacial score (nSPS) is 10.9. The maximum Gasteiger partial charge on any atom is 0.119 e. The first-order valence-corrected chi connectivity index (χ1v) is 5.50. The molecule has 0 saturated heterocycles. The van der Waals surface area contributed by atoms with Gasteiger partial charge in [-0.2, -0.15) is 0 Å². The molecule has 0 aliphatic carbocycles. The summed E-state index contributed by atoms with van der Waals surface area (Å²) in [4.78, 5) is 2.24. The van der Waals surface area contributed by atoms with Crippen molar-refractivity contribution in [1.29, 1.82) is 0 Å². The Morgan fingerprint density at radius 2 is 1.53 bits per heavy atom. The molecule has 0 aromatic heterocycles.